The van der Waals surface area contributed by atoms with E-state index in [2.05, 4.69) is 21.4 Å². The zero-order valence-corrected chi connectivity index (χ0v) is 13.5. The summed E-state index contributed by atoms with van der Waals surface area (Å²) in [5.41, 5.74) is 1.53. The molecule has 0 saturated carbocycles. The molecule has 2 aromatic heterocycles. The molecular weight excluding hydrogens is 324 g/mol. The van der Waals surface area contributed by atoms with E-state index in [9.17, 15) is 10.1 Å². The lowest BCUT2D eigenvalue weighted by atomic mass is 10.2. The summed E-state index contributed by atoms with van der Waals surface area (Å²) in [5.74, 6) is 0.369. The fourth-order valence-corrected chi connectivity index (χ4v) is 2.80. The SMILES string of the molecule is COc1ccc(C(=O)Nc2nc(-c3ccccn3)c(C#N)s2)cc1.[HH]. The van der Waals surface area contributed by atoms with Crippen LogP contribution in [-0.4, -0.2) is 23.0 Å². The molecule has 2 heterocycles. The predicted octanol–water partition coefficient (Wildman–Crippen LogP) is 3.58. The second kappa shape index (κ2) is 6.89. The van der Waals surface area contributed by atoms with Crippen LogP contribution in [-0.2, 0) is 0 Å². The summed E-state index contributed by atoms with van der Waals surface area (Å²) in [6, 6.07) is 14.2. The van der Waals surface area contributed by atoms with E-state index in [-0.39, 0.29) is 7.33 Å². The number of thiazole rings is 1. The molecule has 1 N–H and O–H groups in total. The summed E-state index contributed by atoms with van der Waals surface area (Å²) >= 11 is 1.12. The topological polar surface area (TPSA) is 87.9 Å². The summed E-state index contributed by atoms with van der Waals surface area (Å²) in [6.07, 6.45) is 1.63. The molecule has 3 rings (SSSR count). The largest absolute Gasteiger partial charge is 0.497 e. The Morgan fingerprint density at radius 2 is 2.08 bits per heavy atom. The first kappa shape index (κ1) is 15.6. The summed E-state index contributed by atoms with van der Waals surface area (Å²) < 4.78 is 5.06. The van der Waals surface area contributed by atoms with E-state index >= 15 is 0 Å². The van der Waals surface area contributed by atoms with Crippen LogP contribution in [0.15, 0.2) is 48.7 Å². The molecule has 1 amide bonds. The number of nitriles is 1. The number of benzene rings is 1. The fourth-order valence-electron chi connectivity index (χ4n) is 2.04. The van der Waals surface area contributed by atoms with Crippen molar-refractivity contribution in [3.63, 3.8) is 0 Å². The molecule has 0 aliphatic rings. The number of methoxy groups -OCH3 is 1. The highest BCUT2D eigenvalue weighted by Crippen LogP contribution is 2.29. The van der Waals surface area contributed by atoms with Gasteiger partial charge in [0.25, 0.3) is 5.91 Å². The van der Waals surface area contributed by atoms with Gasteiger partial charge in [0, 0.05) is 13.2 Å². The van der Waals surface area contributed by atoms with E-state index in [4.69, 9.17) is 4.74 Å². The van der Waals surface area contributed by atoms with Crippen LogP contribution in [0.1, 0.15) is 16.7 Å². The Balaban J connectivity index is 0.00000225. The van der Waals surface area contributed by atoms with Gasteiger partial charge in [0.1, 0.15) is 22.4 Å². The second-order valence-corrected chi connectivity index (χ2v) is 5.71. The minimum Gasteiger partial charge on any atom is -0.497 e. The van der Waals surface area contributed by atoms with Gasteiger partial charge in [-0.1, -0.05) is 17.4 Å². The standard InChI is InChI=1S/C17H12N4O2S.H2/c1-23-12-7-5-11(6-8-12)16(22)21-17-20-15(14(10-18)24-17)13-4-2-3-9-19-13;/h2-9H,1H3,(H,20,21,22);1H. The molecular formula is C17H14N4O2S. The Kier molecular flexibility index (Phi) is 4.50. The van der Waals surface area contributed by atoms with Gasteiger partial charge in [-0.25, -0.2) is 4.98 Å². The van der Waals surface area contributed by atoms with E-state index in [1.54, 1.807) is 49.7 Å². The maximum Gasteiger partial charge on any atom is 0.257 e. The average molecular weight is 338 g/mol. The number of amides is 1. The van der Waals surface area contributed by atoms with Crippen LogP contribution < -0.4 is 10.1 Å². The van der Waals surface area contributed by atoms with Crippen LogP contribution in [0.3, 0.4) is 0 Å². The number of nitrogens with zero attached hydrogens (tertiary/aromatic N) is 3. The lowest BCUT2D eigenvalue weighted by Gasteiger charge is -2.03. The molecule has 120 valence electrons. The van der Waals surface area contributed by atoms with Crippen molar-refractivity contribution < 1.29 is 11.0 Å². The minimum atomic E-state index is -0.302. The molecule has 7 heteroatoms. The third kappa shape index (κ3) is 3.24. The molecule has 0 fully saturated rings. The summed E-state index contributed by atoms with van der Waals surface area (Å²) in [5, 5.41) is 12.3. The summed E-state index contributed by atoms with van der Waals surface area (Å²) in [7, 11) is 1.56. The lowest BCUT2D eigenvalue weighted by molar-refractivity contribution is 0.102. The van der Waals surface area contributed by atoms with Crippen molar-refractivity contribution in [2.45, 2.75) is 0 Å². The van der Waals surface area contributed by atoms with Gasteiger partial charge in [-0.2, -0.15) is 5.26 Å². The van der Waals surface area contributed by atoms with Crippen molar-refractivity contribution in [3.8, 4) is 23.2 Å². The molecule has 0 bridgehead atoms. The number of carbonyl (C=O) groups excluding carboxylic acids is 1. The Hall–Kier alpha value is -3.24. The normalized spacial score (nSPS) is 10.0. The molecule has 0 unspecified atom stereocenters. The summed E-state index contributed by atoms with van der Waals surface area (Å²) in [4.78, 5) is 21.2. The number of anilines is 1. The molecule has 24 heavy (non-hydrogen) atoms. The number of nitrogens with one attached hydrogen (secondary N) is 1. The van der Waals surface area contributed by atoms with E-state index in [1.165, 1.54) is 0 Å². The molecule has 6 nitrogen and oxygen atoms in total. The number of aromatic nitrogens is 2. The van der Waals surface area contributed by atoms with E-state index in [1.807, 2.05) is 6.07 Å². The van der Waals surface area contributed by atoms with Crippen LogP contribution in [0.5, 0.6) is 5.75 Å². The zero-order valence-electron chi connectivity index (χ0n) is 12.7. The van der Waals surface area contributed by atoms with Crippen LogP contribution in [0, 0.1) is 11.3 Å². The van der Waals surface area contributed by atoms with Gasteiger partial charge < -0.3 is 4.74 Å². The maximum absolute atomic E-state index is 12.3. The molecule has 0 atom stereocenters. The van der Waals surface area contributed by atoms with Crippen molar-refractivity contribution in [2.24, 2.45) is 0 Å². The third-order valence-corrected chi connectivity index (χ3v) is 4.08. The van der Waals surface area contributed by atoms with Crippen LogP contribution >= 0.6 is 11.3 Å². The van der Waals surface area contributed by atoms with Crippen molar-refractivity contribution in [3.05, 3.63) is 59.1 Å². The predicted molar refractivity (Wildman–Crippen MR) is 93.1 cm³/mol. The van der Waals surface area contributed by atoms with Gasteiger partial charge >= 0.3 is 0 Å². The Bertz CT molecular complexity index is 905. The van der Waals surface area contributed by atoms with Crippen molar-refractivity contribution >= 4 is 22.4 Å². The molecule has 3 aromatic rings. The lowest BCUT2D eigenvalue weighted by Crippen LogP contribution is -2.11. The van der Waals surface area contributed by atoms with Crippen LogP contribution in [0.4, 0.5) is 5.13 Å². The van der Waals surface area contributed by atoms with Gasteiger partial charge in [-0.15, -0.1) is 0 Å². The highest BCUT2D eigenvalue weighted by atomic mass is 32.1. The first-order valence-electron chi connectivity index (χ1n) is 6.99. The van der Waals surface area contributed by atoms with Crippen LogP contribution in [0.2, 0.25) is 0 Å². The van der Waals surface area contributed by atoms with Gasteiger partial charge in [0.15, 0.2) is 5.13 Å². The Labute approximate surface area is 143 Å². The summed E-state index contributed by atoms with van der Waals surface area (Å²) in [6.45, 7) is 0. The molecule has 0 aliphatic heterocycles. The molecule has 0 spiro atoms. The number of pyridine rings is 1. The number of hydrogen-bond acceptors (Lipinski definition) is 6. The Morgan fingerprint density at radius 1 is 1.29 bits per heavy atom. The van der Waals surface area contributed by atoms with Gasteiger partial charge in [-0.05, 0) is 36.4 Å². The second-order valence-electron chi connectivity index (χ2n) is 4.71. The molecule has 0 radical (unpaired) electrons. The zero-order chi connectivity index (χ0) is 16.9. The smallest absolute Gasteiger partial charge is 0.257 e. The van der Waals surface area contributed by atoms with Crippen molar-refractivity contribution in [2.75, 3.05) is 12.4 Å². The first-order chi connectivity index (χ1) is 11.7. The van der Waals surface area contributed by atoms with Gasteiger partial charge in [0.05, 0.1) is 12.8 Å². The number of rotatable bonds is 4. The molecule has 0 saturated heterocycles. The van der Waals surface area contributed by atoms with E-state index in [0.29, 0.717) is 32.7 Å². The van der Waals surface area contributed by atoms with Crippen molar-refractivity contribution in [1.82, 2.24) is 9.97 Å². The van der Waals surface area contributed by atoms with E-state index in [0.717, 1.165) is 11.3 Å². The highest BCUT2D eigenvalue weighted by Gasteiger charge is 2.16. The maximum atomic E-state index is 12.3. The average Bonchev–Trinajstić information content (AvgIpc) is 3.05. The van der Waals surface area contributed by atoms with E-state index < -0.39 is 0 Å². The van der Waals surface area contributed by atoms with Gasteiger partial charge in [-0.3, -0.25) is 15.1 Å². The Morgan fingerprint density at radius 3 is 2.71 bits per heavy atom. The number of ether oxygens (including phenoxy) is 1. The molecule has 0 aliphatic carbocycles. The minimum absolute atomic E-state index is 0. The highest BCUT2D eigenvalue weighted by molar-refractivity contribution is 7.16. The molecule has 1 aromatic carbocycles. The first-order valence-corrected chi connectivity index (χ1v) is 7.80. The fraction of sp³-hybridized carbons (Fsp3) is 0.0588. The van der Waals surface area contributed by atoms with Gasteiger partial charge in [0.2, 0.25) is 0 Å². The van der Waals surface area contributed by atoms with Crippen LogP contribution in [0.25, 0.3) is 11.4 Å². The number of hydrogen-bond donors (Lipinski definition) is 1. The number of carbonyl (C=O) groups is 1. The quantitative estimate of drug-likeness (QED) is 0.785. The monoisotopic (exact) mass is 338 g/mol. The third-order valence-electron chi connectivity index (χ3n) is 3.21. The van der Waals surface area contributed by atoms with Crippen molar-refractivity contribution in [1.29, 1.82) is 5.26 Å².